The Morgan fingerprint density at radius 1 is 1.26 bits per heavy atom. The van der Waals surface area contributed by atoms with Gasteiger partial charge in [0.15, 0.2) is 5.60 Å². The van der Waals surface area contributed by atoms with Gasteiger partial charge in [-0.05, 0) is 44.2 Å². The van der Waals surface area contributed by atoms with Gasteiger partial charge in [-0.3, -0.25) is 19.1 Å². The maximum atomic E-state index is 12.7. The molecule has 0 aliphatic rings. The van der Waals surface area contributed by atoms with Crippen LogP contribution in [0.15, 0.2) is 52.2 Å². The maximum Gasteiger partial charge on any atom is 0.328 e. The van der Waals surface area contributed by atoms with E-state index in [0.29, 0.717) is 18.6 Å². The summed E-state index contributed by atoms with van der Waals surface area (Å²) in [4.78, 5) is 38.0. The summed E-state index contributed by atoms with van der Waals surface area (Å²) >= 11 is 5.64. The van der Waals surface area contributed by atoms with Crippen molar-refractivity contribution in [2.75, 3.05) is 6.61 Å². The van der Waals surface area contributed by atoms with Gasteiger partial charge in [-0.2, -0.15) is 0 Å². The molecule has 0 aliphatic heterocycles. The topological polar surface area (TPSA) is 172 Å². The molecule has 5 N–H and O–H groups in total. The number of carbonyl (C=O) groups excluding carboxylic acids is 1. The van der Waals surface area contributed by atoms with E-state index in [-0.39, 0.29) is 6.10 Å². The molecule has 0 aliphatic carbocycles. The summed E-state index contributed by atoms with van der Waals surface area (Å²) in [6, 6.07) is 8.56. The molecule has 0 bridgehead atoms. The number of aromatic nitrogens is 2. The third-order valence-electron chi connectivity index (χ3n) is 5.32. The summed E-state index contributed by atoms with van der Waals surface area (Å²) in [5.74, 6) is 1.75. The summed E-state index contributed by atoms with van der Waals surface area (Å²) in [7, 11) is 0. The highest BCUT2D eigenvalue weighted by molar-refractivity contribution is 8.09. The minimum atomic E-state index is -3.58. The van der Waals surface area contributed by atoms with Crippen LogP contribution in [0, 0.1) is 12.3 Å². The lowest BCUT2D eigenvalue weighted by molar-refractivity contribution is -0.149. The van der Waals surface area contributed by atoms with E-state index in [1.807, 2.05) is 17.8 Å². The molecule has 214 valence electrons. The number of para-hydroxylation sites is 1. The summed E-state index contributed by atoms with van der Waals surface area (Å²) in [5.41, 5.74) is -3.97. The molecule has 0 saturated heterocycles. The summed E-state index contributed by atoms with van der Waals surface area (Å²) in [6.45, 7) is 0.395. The summed E-state index contributed by atoms with van der Waals surface area (Å²) in [6.07, 6.45) is 3.27. The van der Waals surface area contributed by atoms with E-state index >= 15 is 0 Å². The summed E-state index contributed by atoms with van der Waals surface area (Å²) in [5, 5.41) is 35.2. The van der Waals surface area contributed by atoms with E-state index in [4.69, 9.17) is 32.0 Å². The number of nitrogens with one attached hydrogen (secondary N) is 2. The van der Waals surface area contributed by atoms with Crippen molar-refractivity contribution in [2.24, 2.45) is 0 Å². The van der Waals surface area contributed by atoms with Gasteiger partial charge in [0.25, 0.3) is 5.56 Å². The van der Waals surface area contributed by atoms with Gasteiger partial charge in [0.2, 0.25) is 0 Å². The first-order chi connectivity index (χ1) is 18.3. The van der Waals surface area contributed by atoms with Crippen molar-refractivity contribution in [3.63, 3.8) is 0 Å². The number of terminal acetylenes is 1. The van der Waals surface area contributed by atoms with Crippen molar-refractivity contribution in [3.8, 4) is 18.1 Å². The van der Waals surface area contributed by atoms with E-state index in [9.17, 15) is 29.7 Å². The molecule has 2 aromatic rings. The molecule has 39 heavy (non-hydrogen) atoms. The van der Waals surface area contributed by atoms with Crippen LogP contribution in [0.3, 0.4) is 0 Å². The lowest BCUT2D eigenvalue weighted by Gasteiger charge is -2.33. The van der Waals surface area contributed by atoms with Crippen molar-refractivity contribution < 1.29 is 33.9 Å². The molecule has 0 radical (unpaired) electrons. The van der Waals surface area contributed by atoms with Crippen LogP contribution in [0.1, 0.15) is 33.6 Å². The van der Waals surface area contributed by atoms with Crippen LogP contribution in [0.5, 0.6) is 5.75 Å². The van der Waals surface area contributed by atoms with Crippen LogP contribution in [-0.2, 0) is 32.4 Å². The standard InChI is InChI=1S/C25H34N3O9PS/c1-5-10-19(23(32)36-17(3)4)27-38(39,37-18-11-8-7-9-12-18)35-15-20(29)22(31)25(34,6-2)16-28-14-13-21(30)26-24(28)33/h2,7-9,11-14,17,19-20,22,29,31,34H,5,10,15-16H2,1,3-4H3,(H,27,39)(H,26,30,33). The Kier molecular flexibility index (Phi) is 12.1. The molecule has 2 rings (SSSR count). The van der Waals surface area contributed by atoms with E-state index < -0.39 is 60.9 Å². The molecule has 14 heteroatoms. The van der Waals surface area contributed by atoms with Crippen LogP contribution in [0.25, 0.3) is 0 Å². The fourth-order valence-corrected chi connectivity index (χ4v) is 5.74. The van der Waals surface area contributed by atoms with Gasteiger partial charge in [0.1, 0.15) is 24.0 Å². The van der Waals surface area contributed by atoms with Gasteiger partial charge in [-0.1, -0.05) is 37.5 Å². The number of aliphatic hydroxyl groups excluding tert-OH is 2. The van der Waals surface area contributed by atoms with Crippen LogP contribution in [-0.4, -0.2) is 67.4 Å². The number of hydrogen-bond donors (Lipinski definition) is 5. The zero-order valence-electron chi connectivity index (χ0n) is 21.9. The first kappa shape index (κ1) is 32.4. The van der Waals surface area contributed by atoms with Crippen molar-refractivity contribution in [3.05, 3.63) is 63.4 Å². The first-order valence-corrected chi connectivity index (χ1v) is 14.8. The van der Waals surface area contributed by atoms with E-state index in [0.717, 1.165) is 16.8 Å². The zero-order chi connectivity index (χ0) is 29.2. The van der Waals surface area contributed by atoms with Crippen molar-refractivity contribution in [1.82, 2.24) is 14.6 Å². The highest BCUT2D eigenvalue weighted by atomic mass is 32.5. The summed E-state index contributed by atoms with van der Waals surface area (Å²) < 4.78 is 17.9. The molecule has 0 fully saturated rings. The SMILES string of the molecule is C#CC(O)(Cn1ccc(=O)[nH]c1=O)C(O)C(O)COP(=S)(NC(CCC)C(=O)OC(C)C)Oc1ccccc1. The highest BCUT2D eigenvalue weighted by Crippen LogP contribution is 2.46. The third kappa shape index (κ3) is 9.70. The minimum absolute atomic E-state index is 0.327. The van der Waals surface area contributed by atoms with Crippen LogP contribution < -0.4 is 20.9 Å². The van der Waals surface area contributed by atoms with Crippen LogP contribution >= 0.6 is 6.64 Å². The average Bonchev–Trinajstić information content (AvgIpc) is 2.88. The fraction of sp³-hybridized carbons (Fsp3) is 0.480. The van der Waals surface area contributed by atoms with Crippen molar-refractivity contribution in [1.29, 1.82) is 0 Å². The van der Waals surface area contributed by atoms with E-state index in [1.54, 1.807) is 44.2 Å². The Hall–Kier alpha value is -2.82. The second kappa shape index (κ2) is 14.5. The molecule has 5 atom stereocenters. The number of nitrogens with zero attached hydrogens (tertiary/aromatic N) is 1. The molecule has 1 aromatic heterocycles. The van der Waals surface area contributed by atoms with Gasteiger partial charge < -0.3 is 29.1 Å². The Labute approximate surface area is 231 Å². The van der Waals surface area contributed by atoms with Gasteiger partial charge >= 0.3 is 18.3 Å². The lowest BCUT2D eigenvalue weighted by Crippen LogP contribution is -2.53. The van der Waals surface area contributed by atoms with Crippen LogP contribution in [0.2, 0.25) is 0 Å². The van der Waals surface area contributed by atoms with E-state index in [1.165, 1.54) is 0 Å². The number of ether oxygens (including phenoxy) is 1. The van der Waals surface area contributed by atoms with Crippen molar-refractivity contribution in [2.45, 2.75) is 70.1 Å². The van der Waals surface area contributed by atoms with E-state index in [2.05, 4.69) is 5.09 Å². The quantitative estimate of drug-likeness (QED) is 0.113. The Bertz CT molecular complexity index is 1290. The molecule has 1 aromatic carbocycles. The van der Waals surface area contributed by atoms with Gasteiger partial charge in [-0.15, -0.1) is 6.42 Å². The predicted molar refractivity (Wildman–Crippen MR) is 147 cm³/mol. The number of rotatable bonds is 15. The van der Waals surface area contributed by atoms with Gasteiger partial charge in [0.05, 0.1) is 19.3 Å². The molecule has 0 amide bonds. The van der Waals surface area contributed by atoms with Gasteiger partial charge in [0, 0.05) is 12.3 Å². The van der Waals surface area contributed by atoms with Crippen molar-refractivity contribution >= 4 is 24.4 Å². The first-order valence-electron chi connectivity index (χ1n) is 12.2. The lowest BCUT2D eigenvalue weighted by atomic mass is 9.93. The predicted octanol–water partition coefficient (Wildman–Crippen LogP) is 0.653. The molecular weight excluding hydrogens is 549 g/mol. The fourth-order valence-electron chi connectivity index (χ4n) is 3.38. The number of esters is 1. The van der Waals surface area contributed by atoms with Crippen LogP contribution in [0.4, 0.5) is 0 Å². The molecule has 5 unspecified atom stereocenters. The third-order valence-corrected chi connectivity index (χ3v) is 7.75. The normalized spacial score (nSPS) is 16.8. The highest BCUT2D eigenvalue weighted by Gasteiger charge is 2.41. The monoisotopic (exact) mass is 583 g/mol. The molecule has 0 spiro atoms. The second-order valence-corrected chi connectivity index (χ2v) is 12.1. The average molecular weight is 584 g/mol. The maximum absolute atomic E-state index is 12.7. The number of aliphatic hydroxyl groups is 3. The molecule has 1 heterocycles. The Balaban J connectivity index is 2.25. The van der Waals surface area contributed by atoms with Gasteiger partial charge in [-0.25, -0.2) is 9.88 Å². The smallest absolute Gasteiger partial charge is 0.328 e. The zero-order valence-corrected chi connectivity index (χ0v) is 23.6. The number of hydrogen-bond acceptors (Lipinski definition) is 10. The molecule has 0 saturated carbocycles. The molecule has 12 nitrogen and oxygen atoms in total. The second-order valence-electron chi connectivity index (χ2n) is 8.97. The number of carbonyl (C=O) groups is 1. The number of H-pyrrole nitrogens is 1. The number of benzene rings is 1. The molecular formula is C25H34N3O9PS. The Morgan fingerprint density at radius 2 is 1.92 bits per heavy atom. The largest absolute Gasteiger partial charge is 0.462 e. The minimum Gasteiger partial charge on any atom is -0.462 e. The number of aromatic amines is 1. The Morgan fingerprint density at radius 3 is 2.49 bits per heavy atom.